The van der Waals surface area contributed by atoms with Gasteiger partial charge in [-0.15, -0.1) is 0 Å². The Morgan fingerprint density at radius 1 is 1.26 bits per heavy atom. The Balaban J connectivity index is 2.36. The minimum Gasteiger partial charge on any atom is -0.496 e. The third-order valence-electron chi connectivity index (χ3n) is 3.35. The Bertz CT molecular complexity index is 568. The molecule has 0 saturated carbocycles. The van der Waals surface area contributed by atoms with Gasteiger partial charge >= 0.3 is 0 Å². The van der Waals surface area contributed by atoms with Gasteiger partial charge in [0.15, 0.2) is 0 Å². The van der Waals surface area contributed by atoms with Gasteiger partial charge in [0, 0.05) is 25.8 Å². The van der Waals surface area contributed by atoms with E-state index in [0.717, 1.165) is 22.4 Å². The topological polar surface area (TPSA) is 55.8 Å². The maximum Gasteiger partial charge on any atom is 0.211 e. The van der Waals surface area contributed by atoms with E-state index in [1.807, 2.05) is 12.1 Å². The van der Waals surface area contributed by atoms with Crippen molar-refractivity contribution < 1.29 is 17.9 Å². The van der Waals surface area contributed by atoms with Crippen LogP contribution in [0.4, 0.5) is 0 Å². The Morgan fingerprint density at radius 3 is 2.58 bits per heavy atom. The summed E-state index contributed by atoms with van der Waals surface area (Å²) >= 11 is 0. The number of ether oxygens (including phenoxy) is 2. The molecule has 1 aliphatic rings. The molecule has 1 aromatic carbocycles. The second-order valence-corrected chi connectivity index (χ2v) is 6.69. The number of benzene rings is 1. The summed E-state index contributed by atoms with van der Waals surface area (Å²) in [4.78, 5) is 0. The Labute approximate surface area is 114 Å². The molecule has 0 amide bonds. The molecule has 0 atom stereocenters. The van der Waals surface area contributed by atoms with Crippen LogP contribution in [0, 0.1) is 0 Å². The van der Waals surface area contributed by atoms with Gasteiger partial charge in [-0.1, -0.05) is 0 Å². The van der Waals surface area contributed by atoms with Crippen LogP contribution in [0.15, 0.2) is 12.1 Å². The molecule has 1 heterocycles. The highest BCUT2D eigenvalue weighted by Crippen LogP contribution is 2.29. The minimum absolute atomic E-state index is 0.425. The van der Waals surface area contributed by atoms with Crippen molar-refractivity contribution in [1.82, 2.24) is 4.31 Å². The molecular weight excluding hydrogens is 266 g/mol. The lowest BCUT2D eigenvalue weighted by atomic mass is 9.98. The van der Waals surface area contributed by atoms with Gasteiger partial charge in [-0.2, -0.15) is 4.31 Å². The van der Waals surface area contributed by atoms with Gasteiger partial charge in [-0.25, -0.2) is 8.42 Å². The molecule has 2 rings (SSSR count). The molecule has 1 aromatic rings. The third kappa shape index (κ3) is 3.08. The van der Waals surface area contributed by atoms with Crippen LogP contribution in [0.3, 0.4) is 0 Å². The zero-order valence-corrected chi connectivity index (χ0v) is 12.3. The maximum atomic E-state index is 11.6. The summed E-state index contributed by atoms with van der Waals surface area (Å²) in [6.07, 6.45) is 1.96. The monoisotopic (exact) mass is 285 g/mol. The average Bonchev–Trinajstić information content (AvgIpc) is 2.36. The van der Waals surface area contributed by atoms with Gasteiger partial charge < -0.3 is 9.47 Å². The average molecular weight is 285 g/mol. The van der Waals surface area contributed by atoms with Gasteiger partial charge in [0.05, 0.1) is 20.0 Å². The highest BCUT2D eigenvalue weighted by atomic mass is 32.2. The van der Waals surface area contributed by atoms with Crippen molar-refractivity contribution in [1.29, 1.82) is 0 Å². The van der Waals surface area contributed by atoms with Crippen molar-refractivity contribution in [3.8, 4) is 5.75 Å². The smallest absolute Gasteiger partial charge is 0.211 e. The second-order valence-electron chi connectivity index (χ2n) is 4.71. The molecule has 0 fully saturated rings. The fourth-order valence-electron chi connectivity index (χ4n) is 2.35. The van der Waals surface area contributed by atoms with E-state index in [-0.39, 0.29) is 0 Å². The van der Waals surface area contributed by atoms with Crippen molar-refractivity contribution in [2.45, 2.75) is 19.6 Å². The van der Waals surface area contributed by atoms with Crippen LogP contribution in [0.2, 0.25) is 0 Å². The summed E-state index contributed by atoms with van der Waals surface area (Å²) in [5.74, 6) is 0.799. The van der Waals surface area contributed by atoms with Crippen LogP contribution in [-0.4, -0.2) is 39.7 Å². The molecule has 19 heavy (non-hydrogen) atoms. The predicted octanol–water partition coefficient (Wildman–Crippen LogP) is 1.16. The van der Waals surface area contributed by atoms with Crippen LogP contribution in [0.1, 0.15) is 16.7 Å². The van der Waals surface area contributed by atoms with Crippen molar-refractivity contribution in [2.75, 3.05) is 27.0 Å². The Kier molecular flexibility index (Phi) is 4.13. The SMILES string of the molecule is COCc1cc2c(cc1OC)CCN(S(C)(=O)=O)C2. The summed E-state index contributed by atoms with van der Waals surface area (Å²) in [5, 5.41) is 0. The number of sulfonamides is 1. The largest absolute Gasteiger partial charge is 0.496 e. The van der Waals surface area contributed by atoms with Gasteiger partial charge in [0.25, 0.3) is 0 Å². The number of methoxy groups -OCH3 is 2. The van der Waals surface area contributed by atoms with Gasteiger partial charge in [0.1, 0.15) is 5.75 Å². The summed E-state index contributed by atoms with van der Waals surface area (Å²) < 4.78 is 35.2. The molecule has 0 saturated heterocycles. The quantitative estimate of drug-likeness (QED) is 0.833. The third-order valence-corrected chi connectivity index (χ3v) is 4.60. The highest BCUT2D eigenvalue weighted by Gasteiger charge is 2.24. The van der Waals surface area contributed by atoms with Crippen LogP contribution in [-0.2, 0) is 34.3 Å². The Morgan fingerprint density at radius 2 is 2.00 bits per heavy atom. The number of nitrogens with zero attached hydrogens (tertiary/aromatic N) is 1. The number of hydrogen-bond acceptors (Lipinski definition) is 4. The lowest BCUT2D eigenvalue weighted by Gasteiger charge is -2.27. The summed E-state index contributed by atoms with van der Waals surface area (Å²) in [6, 6.07) is 3.97. The number of fused-ring (bicyclic) bond motifs is 1. The molecule has 6 heteroatoms. The number of rotatable bonds is 4. The number of hydrogen-bond donors (Lipinski definition) is 0. The Hall–Kier alpha value is -1.11. The molecule has 1 aliphatic heterocycles. The van der Waals surface area contributed by atoms with Gasteiger partial charge in [-0.3, -0.25) is 0 Å². The zero-order chi connectivity index (χ0) is 14.0. The second kappa shape index (κ2) is 5.48. The maximum absolute atomic E-state index is 11.6. The molecule has 0 N–H and O–H groups in total. The van der Waals surface area contributed by atoms with Crippen LogP contribution >= 0.6 is 0 Å². The standard InChI is InChI=1S/C13H19NO4S/c1-17-9-12-6-11-8-14(19(3,15)16)5-4-10(11)7-13(12)18-2/h6-7H,4-5,8-9H2,1-3H3. The summed E-state index contributed by atoms with van der Waals surface area (Å²) in [6.45, 7) is 1.41. The molecular formula is C13H19NO4S. The fraction of sp³-hybridized carbons (Fsp3) is 0.538. The lowest BCUT2D eigenvalue weighted by Crippen LogP contribution is -2.35. The van der Waals surface area contributed by atoms with E-state index in [4.69, 9.17) is 9.47 Å². The molecule has 0 spiro atoms. The van der Waals surface area contributed by atoms with E-state index in [9.17, 15) is 8.42 Å². The van der Waals surface area contributed by atoms with E-state index in [1.54, 1.807) is 14.2 Å². The molecule has 0 bridgehead atoms. The van der Waals surface area contributed by atoms with Crippen molar-refractivity contribution >= 4 is 10.0 Å². The fourth-order valence-corrected chi connectivity index (χ4v) is 3.15. The van der Waals surface area contributed by atoms with Gasteiger partial charge in [-0.05, 0) is 29.7 Å². The molecule has 0 aliphatic carbocycles. The first-order valence-corrected chi connectivity index (χ1v) is 7.93. The molecule has 0 radical (unpaired) electrons. The van der Waals surface area contributed by atoms with E-state index < -0.39 is 10.0 Å². The zero-order valence-electron chi connectivity index (χ0n) is 11.5. The molecule has 5 nitrogen and oxygen atoms in total. The van der Waals surface area contributed by atoms with Crippen LogP contribution < -0.4 is 4.74 Å². The minimum atomic E-state index is -3.14. The van der Waals surface area contributed by atoms with Crippen LogP contribution in [0.5, 0.6) is 5.75 Å². The van der Waals surface area contributed by atoms with E-state index in [1.165, 1.54) is 10.6 Å². The summed E-state index contributed by atoms with van der Waals surface area (Å²) in [5.41, 5.74) is 3.13. The predicted molar refractivity (Wildman–Crippen MR) is 72.7 cm³/mol. The van der Waals surface area contributed by atoms with E-state index in [2.05, 4.69) is 0 Å². The first-order chi connectivity index (χ1) is 8.95. The highest BCUT2D eigenvalue weighted by molar-refractivity contribution is 7.88. The van der Waals surface area contributed by atoms with Crippen LogP contribution in [0.25, 0.3) is 0 Å². The molecule has 0 unspecified atom stereocenters. The first-order valence-electron chi connectivity index (χ1n) is 6.08. The van der Waals surface area contributed by atoms with Crippen molar-refractivity contribution in [2.24, 2.45) is 0 Å². The lowest BCUT2D eigenvalue weighted by molar-refractivity contribution is 0.181. The van der Waals surface area contributed by atoms with E-state index >= 15 is 0 Å². The van der Waals surface area contributed by atoms with Gasteiger partial charge in [0.2, 0.25) is 10.0 Å². The first kappa shape index (κ1) is 14.3. The normalized spacial score (nSPS) is 16.2. The summed E-state index contributed by atoms with van der Waals surface area (Å²) in [7, 11) is 0.120. The van der Waals surface area contributed by atoms with E-state index in [0.29, 0.717) is 26.1 Å². The molecule has 106 valence electrons. The molecule has 0 aromatic heterocycles. The van der Waals surface area contributed by atoms with Crippen molar-refractivity contribution in [3.63, 3.8) is 0 Å². The van der Waals surface area contributed by atoms with Crippen molar-refractivity contribution in [3.05, 3.63) is 28.8 Å².